The lowest BCUT2D eigenvalue weighted by Gasteiger charge is -2.28. The van der Waals surface area contributed by atoms with E-state index in [1.807, 2.05) is 11.2 Å². The molecular weight excluding hydrogens is 299 g/mol. The second kappa shape index (κ2) is 4.84. The van der Waals surface area contributed by atoms with E-state index in [1.165, 1.54) is 12.4 Å². The lowest BCUT2D eigenvalue weighted by atomic mass is 9.80. The van der Waals surface area contributed by atoms with Crippen molar-refractivity contribution >= 4 is 5.90 Å². The summed E-state index contributed by atoms with van der Waals surface area (Å²) < 4.78 is 44.4. The second-order valence-electron chi connectivity index (χ2n) is 4.65. The summed E-state index contributed by atoms with van der Waals surface area (Å²) in [6, 6.07) is 4.93. The molecule has 2 unspecified atom stereocenters. The number of nitriles is 1. The van der Waals surface area contributed by atoms with Crippen molar-refractivity contribution in [1.29, 1.82) is 10.7 Å². The zero-order valence-electron chi connectivity index (χ0n) is 10.8. The summed E-state index contributed by atoms with van der Waals surface area (Å²) in [5.74, 6) is -2.98. The van der Waals surface area contributed by atoms with Crippen LogP contribution in [-0.2, 0) is 6.18 Å². The van der Waals surface area contributed by atoms with Gasteiger partial charge in [0.1, 0.15) is 11.6 Å². The van der Waals surface area contributed by atoms with Crippen molar-refractivity contribution in [2.45, 2.75) is 12.1 Å². The Labute approximate surface area is 122 Å². The number of nitrogens with zero attached hydrogens (tertiary/aromatic N) is 3. The Morgan fingerprint density at radius 3 is 2.77 bits per heavy atom. The number of hydrogen-bond acceptors (Lipinski definition) is 5. The SMILES string of the molecule is N#CC1C(=N)Oc2n[nH]c(C(F)(F)F)c2C1c1cccnc1. The first-order valence-electron chi connectivity index (χ1n) is 6.14. The first kappa shape index (κ1) is 14.1. The van der Waals surface area contributed by atoms with E-state index in [1.54, 1.807) is 12.1 Å². The standard InChI is InChI=1S/C13H8F3N5O/c14-13(15,16)10-9-8(6-2-1-3-19-5-6)7(4-17)11(18)22-12(9)21-20-10/h1-3,5,7-8,18H,(H,20,21). The number of ether oxygens (including phenoxy) is 1. The number of rotatable bonds is 1. The number of H-pyrrole nitrogens is 1. The molecule has 0 spiro atoms. The monoisotopic (exact) mass is 307 g/mol. The van der Waals surface area contributed by atoms with Crippen molar-refractivity contribution in [2.75, 3.05) is 0 Å². The van der Waals surface area contributed by atoms with Gasteiger partial charge in [-0.3, -0.25) is 15.5 Å². The molecule has 3 heterocycles. The number of hydrogen-bond donors (Lipinski definition) is 2. The number of pyridine rings is 1. The minimum Gasteiger partial charge on any atom is -0.422 e. The highest BCUT2D eigenvalue weighted by Gasteiger charge is 2.47. The number of halogens is 3. The second-order valence-corrected chi connectivity index (χ2v) is 4.65. The van der Waals surface area contributed by atoms with Crippen molar-refractivity contribution in [3.63, 3.8) is 0 Å². The largest absolute Gasteiger partial charge is 0.433 e. The van der Waals surface area contributed by atoms with Gasteiger partial charge in [0.2, 0.25) is 11.8 Å². The Kier molecular flexibility index (Phi) is 3.09. The van der Waals surface area contributed by atoms with Gasteiger partial charge in [0.15, 0.2) is 0 Å². The molecule has 0 saturated heterocycles. The van der Waals surface area contributed by atoms with E-state index in [9.17, 15) is 18.4 Å². The molecule has 3 rings (SSSR count). The summed E-state index contributed by atoms with van der Waals surface area (Å²) in [6.45, 7) is 0. The maximum absolute atomic E-state index is 13.1. The average molecular weight is 307 g/mol. The molecule has 1 aliphatic heterocycles. The van der Waals surface area contributed by atoms with Crippen LogP contribution < -0.4 is 4.74 Å². The molecule has 0 aliphatic carbocycles. The number of aromatic nitrogens is 3. The molecule has 9 heteroatoms. The molecule has 22 heavy (non-hydrogen) atoms. The molecule has 112 valence electrons. The quantitative estimate of drug-likeness (QED) is 0.845. The number of nitrogens with one attached hydrogen (secondary N) is 2. The van der Waals surface area contributed by atoms with Crippen LogP contribution in [0.1, 0.15) is 22.7 Å². The minimum atomic E-state index is -4.68. The molecule has 0 fully saturated rings. The molecule has 0 aromatic carbocycles. The summed E-state index contributed by atoms with van der Waals surface area (Å²) in [6.07, 6.45) is -1.84. The van der Waals surface area contributed by atoms with Crippen LogP contribution in [0.4, 0.5) is 13.2 Å². The van der Waals surface area contributed by atoms with Crippen LogP contribution in [0.3, 0.4) is 0 Å². The first-order valence-corrected chi connectivity index (χ1v) is 6.14. The van der Waals surface area contributed by atoms with E-state index in [4.69, 9.17) is 10.1 Å². The van der Waals surface area contributed by atoms with Gasteiger partial charge in [-0.05, 0) is 11.6 Å². The summed E-state index contributed by atoms with van der Waals surface area (Å²) in [4.78, 5) is 3.87. The maximum Gasteiger partial charge on any atom is 0.433 e. The Bertz CT molecular complexity index is 762. The van der Waals surface area contributed by atoms with E-state index < -0.39 is 29.6 Å². The predicted octanol–water partition coefficient (Wildman–Crippen LogP) is 2.46. The number of aromatic amines is 1. The summed E-state index contributed by atoms with van der Waals surface area (Å²) in [5.41, 5.74) is -0.970. The molecule has 0 bridgehead atoms. The van der Waals surface area contributed by atoms with Gasteiger partial charge in [0.25, 0.3) is 0 Å². The molecule has 2 atom stereocenters. The van der Waals surface area contributed by atoms with Crippen molar-refractivity contribution in [2.24, 2.45) is 5.92 Å². The zero-order valence-corrected chi connectivity index (χ0v) is 10.8. The summed E-state index contributed by atoms with van der Waals surface area (Å²) in [5, 5.41) is 22.3. The third-order valence-electron chi connectivity index (χ3n) is 3.37. The van der Waals surface area contributed by atoms with Crippen LogP contribution in [0.25, 0.3) is 0 Å². The zero-order chi connectivity index (χ0) is 15.9. The van der Waals surface area contributed by atoms with Gasteiger partial charge in [0, 0.05) is 18.3 Å². The van der Waals surface area contributed by atoms with Crippen molar-refractivity contribution in [1.82, 2.24) is 15.2 Å². The van der Waals surface area contributed by atoms with Crippen LogP contribution in [-0.4, -0.2) is 21.1 Å². The van der Waals surface area contributed by atoms with Crippen molar-refractivity contribution in [3.8, 4) is 11.9 Å². The van der Waals surface area contributed by atoms with E-state index in [0.717, 1.165) is 0 Å². The van der Waals surface area contributed by atoms with Gasteiger partial charge in [-0.25, -0.2) is 0 Å². The molecule has 0 amide bonds. The van der Waals surface area contributed by atoms with Gasteiger partial charge in [-0.2, -0.15) is 18.4 Å². The topological polar surface area (TPSA) is 98.4 Å². The van der Waals surface area contributed by atoms with E-state index in [-0.39, 0.29) is 11.4 Å². The molecule has 0 radical (unpaired) electrons. The third-order valence-corrected chi connectivity index (χ3v) is 3.37. The Balaban J connectivity index is 2.25. The Morgan fingerprint density at radius 1 is 1.41 bits per heavy atom. The maximum atomic E-state index is 13.1. The molecular formula is C13H8F3N5O. The van der Waals surface area contributed by atoms with E-state index in [2.05, 4.69) is 10.1 Å². The smallest absolute Gasteiger partial charge is 0.422 e. The van der Waals surface area contributed by atoms with Crippen LogP contribution in [0.15, 0.2) is 24.5 Å². The van der Waals surface area contributed by atoms with Gasteiger partial charge in [-0.15, -0.1) is 5.10 Å². The minimum absolute atomic E-state index is 0.275. The molecule has 0 saturated carbocycles. The summed E-state index contributed by atoms with van der Waals surface area (Å²) in [7, 11) is 0. The van der Waals surface area contributed by atoms with E-state index >= 15 is 0 Å². The first-order chi connectivity index (χ1) is 10.4. The van der Waals surface area contributed by atoms with Crippen LogP contribution >= 0.6 is 0 Å². The highest BCUT2D eigenvalue weighted by atomic mass is 19.4. The fraction of sp³-hybridized carbons (Fsp3) is 0.231. The van der Waals surface area contributed by atoms with Crippen molar-refractivity contribution < 1.29 is 17.9 Å². The summed E-state index contributed by atoms with van der Waals surface area (Å²) >= 11 is 0. The fourth-order valence-corrected chi connectivity index (χ4v) is 2.45. The fourth-order valence-electron chi connectivity index (χ4n) is 2.45. The Hall–Kier alpha value is -2.89. The Morgan fingerprint density at radius 2 is 2.18 bits per heavy atom. The van der Waals surface area contributed by atoms with Gasteiger partial charge in [0.05, 0.1) is 11.6 Å². The molecule has 2 aromatic rings. The highest BCUT2D eigenvalue weighted by molar-refractivity contribution is 5.84. The van der Waals surface area contributed by atoms with Crippen LogP contribution in [0, 0.1) is 22.7 Å². The molecule has 2 aromatic heterocycles. The van der Waals surface area contributed by atoms with Crippen molar-refractivity contribution in [3.05, 3.63) is 41.3 Å². The lowest BCUT2D eigenvalue weighted by molar-refractivity contribution is -0.142. The average Bonchev–Trinajstić information content (AvgIpc) is 2.90. The normalized spacial score (nSPS) is 20.9. The lowest BCUT2D eigenvalue weighted by Crippen LogP contribution is -2.32. The third kappa shape index (κ3) is 2.09. The van der Waals surface area contributed by atoms with Crippen LogP contribution in [0.2, 0.25) is 0 Å². The molecule has 1 aliphatic rings. The van der Waals surface area contributed by atoms with Gasteiger partial charge < -0.3 is 4.74 Å². The van der Waals surface area contributed by atoms with Gasteiger partial charge in [-0.1, -0.05) is 6.07 Å². The van der Waals surface area contributed by atoms with E-state index in [0.29, 0.717) is 5.56 Å². The highest BCUT2D eigenvalue weighted by Crippen LogP contribution is 2.46. The van der Waals surface area contributed by atoms with Gasteiger partial charge >= 0.3 is 6.18 Å². The predicted molar refractivity (Wildman–Crippen MR) is 67.1 cm³/mol. The van der Waals surface area contributed by atoms with Crippen LogP contribution in [0.5, 0.6) is 5.88 Å². The molecule has 6 nitrogen and oxygen atoms in total. The number of alkyl halides is 3. The number of fused-ring (bicyclic) bond motifs is 1. The molecule has 2 N–H and O–H groups in total.